The summed E-state index contributed by atoms with van der Waals surface area (Å²) < 4.78 is 0. The third-order valence-corrected chi connectivity index (χ3v) is 2.30. The maximum atomic E-state index is 5.98. The van der Waals surface area contributed by atoms with Crippen molar-refractivity contribution in [3.63, 3.8) is 0 Å². The molecule has 2 nitrogen and oxygen atoms in total. The summed E-state index contributed by atoms with van der Waals surface area (Å²) >= 11 is 17.6. The fourth-order valence-corrected chi connectivity index (χ4v) is 1.88. The van der Waals surface area contributed by atoms with Crippen LogP contribution in [0.15, 0.2) is 12.3 Å². The first-order valence-corrected chi connectivity index (χ1v) is 5.36. The summed E-state index contributed by atoms with van der Waals surface area (Å²) in [6.45, 7) is 2.61. The molecule has 0 fully saturated rings. The summed E-state index contributed by atoms with van der Waals surface area (Å²) in [4.78, 5) is 6.03. The van der Waals surface area contributed by atoms with Crippen LogP contribution in [0.3, 0.4) is 0 Å². The average molecular weight is 254 g/mol. The summed E-state index contributed by atoms with van der Waals surface area (Å²) in [5.41, 5.74) is 0. The second kappa shape index (κ2) is 5.06. The summed E-state index contributed by atoms with van der Waals surface area (Å²) in [7, 11) is 1.89. The molecule has 0 aliphatic heterocycles. The van der Waals surface area contributed by atoms with Crippen LogP contribution < -0.4 is 4.90 Å². The van der Waals surface area contributed by atoms with Crippen LogP contribution in [0.5, 0.6) is 0 Å². The van der Waals surface area contributed by atoms with Gasteiger partial charge in [-0.25, -0.2) is 4.98 Å². The normalized spacial score (nSPS) is 12.6. The van der Waals surface area contributed by atoms with E-state index in [9.17, 15) is 0 Å². The molecule has 1 heterocycles. The zero-order valence-corrected chi connectivity index (χ0v) is 10.2. The Hall–Kier alpha value is -0.180. The van der Waals surface area contributed by atoms with Crippen molar-refractivity contribution >= 4 is 40.6 Å². The molecular weight excluding hydrogens is 242 g/mol. The van der Waals surface area contributed by atoms with E-state index in [2.05, 4.69) is 4.98 Å². The molecule has 0 N–H and O–H groups in total. The van der Waals surface area contributed by atoms with E-state index in [1.807, 2.05) is 18.9 Å². The van der Waals surface area contributed by atoms with Gasteiger partial charge in [-0.3, -0.25) is 0 Å². The van der Waals surface area contributed by atoms with Crippen LogP contribution in [-0.2, 0) is 0 Å². The Balaban J connectivity index is 2.84. The molecule has 14 heavy (non-hydrogen) atoms. The standard InChI is InChI=1S/C9H11Cl3N2/c1-6(10)5-14(2)9-8(12)3-7(11)4-13-9/h3-4,6H,5H2,1-2H3. The van der Waals surface area contributed by atoms with Gasteiger partial charge in [-0.05, 0) is 13.0 Å². The number of rotatable bonds is 3. The average Bonchev–Trinajstić information content (AvgIpc) is 2.01. The number of hydrogen-bond donors (Lipinski definition) is 0. The molecule has 0 aliphatic carbocycles. The van der Waals surface area contributed by atoms with Gasteiger partial charge >= 0.3 is 0 Å². The summed E-state index contributed by atoms with van der Waals surface area (Å²) in [5, 5.41) is 1.12. The Morgan fingerprint density at radius 1 is 1.50 bits per heavy atom. The molecule has 78 valence electrons. The topological polar surface area (TPSA) is 16.1 Å². The molecule has 0 bridgehead atoms. The number of hydrogen-bond acceptors (Lipinski definition) is 2. The van der Waals surface area contributed by atoms with Crippen LogP contribution in [-0.4, -0.2) is 24.0 Å². The zero-order valence-electron chi connectivity index (χ0n) is 7.97. The van der Waals surface area contributed by atoms with E-state index in [1.54, 1.807) is 12.3 Å². The Kier molecular flexibility index (Phi) is 4.30. The first-order chi connectivity index (χ1) is 6.50. The Morgan fingerprint density at radius 3 is 2.64 bits per heavy atom. The largest absolute Gasteiger partial charge is 0.357 e. The lowest BCUT2D eigenvalue weighted by molar-refractivity contribution is 0.844. The van der Waals surface area contributed by atoms with Crippen molar-refractivity contribution in [2.75, 3.05) is 18.5 Å². The molecule has 1 unspecified atom stereocenters. The second-order valence-electron chi connectivity index (χ2n) is 3.12. The molecule has 0 saturated heterocycles. The predicted molar refractivity (Wildman–Crippen MR) is 62.8 cm³/mol. The molecule has 0 aliphatic rings. The van der Waals surface area contributed by atoms with Gasteiger partial charge < -0.3 is 4.90 Å². The van der Waals surface area contributed by atoms with Gasteiger partial charge in [0.15, 0.2) is 0 Å². The van der Waals surface area contributed by atoms with Crippen LogP contribution in [0.4, 0.5) is 5.82 Å². The maximum Gasteiger partial charge on any atom is 0.147 e. The second-order valence-corrected chi connectivity index (χ2v) is 4.71. The Labute approximate surface area is 98.8 Å². The number of anilines is 1. The fourth-order valence-electron chi connectivity index (χ4n) is 1.15. The zero-order chi connectivity index (χ0) is 10.7. The van der Waals surface area contributed by atoms with Crippen LogP contribution in [0.1, 0.15) is 6.92 Å². The van der Waals surface area contributed by atoms with Gasteiger partial charge in [-0.15, -0.1) is 11.6 Å². The van der Waals surface area contributed by atoms with E-state index in [4.69, 9.17) is 34.8 Å². The Bertz CT molecular complexity index is 315. The van der Waals surface area contributed by atoms with Crippen molar-refractivity contribution in [1.29, 1.82) is 0 Å². The SMILES string of the molecule is CC(Cl)CN(C)c1ncc(Cl)cc1Cl. The molecule has 1 aromatic rings. The molecule has 1 aromatic heterocycles. The highest BCUT2D eigenvalue weighted by atomic mass is 35.5. The minimum Gasteiger partial charge on any atom is -0.357 e. The van der Waals surface area contributed by atoms with Crippen LogP contribution >= 0.6 is 34.8 Å². The molecule has 5 heteroatoms. The Morgan fingerprint density at radius 2 is 2.14 bits per heavy atom. The lowest BCUT2D eigenvalue weighted by Crippen LogP contribution is -2.25. The van der Waals surface area contributed by atoms with E-state index in [0.29, 0.717) is 22.4 Å². The minimum atomic E-state index is 0.0496. The summed E-state index contributed by atoms with van der Waals surface area (Å²) in [5.74, 6) is 0.698. The van der Waals surface area contributed by atoms with E-state index in [1.165, 1.54) is 0 Å². The molecule has 0 spiro atoms. The van der Waals surface area contributed by atoms with Gasteiger partial charge in [0.25, 0.3) is 0 Å². The molecule has 1 atom stereocenters. The third-order valence-electron chi connectivity index (χ3n) is 1.68. The van der Waals surface area contributed by atoms with Gasteiger partial charge in [-0.2, -0.15) is 0 Å². The third kappa shape index (κ3) is 3.19. The molecule has 0 radical (unpaired) electrons. The van der Waals surface area contributed by atoms with Crippen molar-refractivity contribution in [2.24, 2.45) is 0 Å². The van der Waals surface area contributed by atoms with Crippen LogP contribution in [0, 0.1) is 0 Å². The van der Waals surface area contributed by atoms with Crippen LogP contribution in [0.2, 0.25) is 10.0 Å². The predicted octanol–water partition coefficient (Wildman–Crippen LogP) is 3.45. The monoisotopic (exact) mass is 252 g/mol. The molecule has 0 saturated carbocycles. The van der Waals surface area contributed by atoms with E-state index in [-0.39, 0.29) is 5.38 Å². The number of aromatic nitrogens is 1. The maximum absolute atomic E-state index is 5.98. The lowest BCUT2D eigenvalue weighted by Gasteiger charge is -2.20. The smallest absolute Gasteiger partial charge is 0.147 e. The quantitative estimate of drug-likeness (QED) is 0.767. The minimum absolute atomic E-state index is 0.0496. The van der Waals surface area contributed by atoms with Crippen molar-refractivity contribution in [3.8, 4) is 0 Å². The molecule has 0 amide bonds. The van der Waals surface area contributed by atoms with Gasteiger partial charge in [0, 0.05) is 25.2 Å². The first kappa shape index (κ1) is 11.9. The van der Waals surface area contributed by atoms with Crippen LogP contribution in [0.25, 0.3) is 0 Å². The van der Waals surface area contributed by atoms with E-state index in [0.717, 1.165) is 0 Å². The number of halogens is 3. The summed E-state index contributed by atoms with van der Waals surface area (Å²) in [6, 6.07) is 1.67. The molecular formula is C9H11Cl3N2. The van der Waals surface area contributed by atoms with E-state index < -0.39 is 0 Å². The highest BCUT2D eigenvalue weighted by molar-refractivity contribution is 6.36. The molecule has 0 aromatic carbocycles. The van der Waals surface area contributed by atoms with Crippen molar-refractivity contribution in [2.45, 2.75) is 12.3 Å². The van der Waals surface area contributed by atoms with E-state index >= 15 is 0 Å². The summed E-state index contributed by atoms with van der Waals surface area (Å²) in [6.07, 6.45) is 1.57. The van der Waals surface area contributed by atoms with Gasteiger partial charge in [0.05, 0.1) is 10.0 Å². The lowest BCUT2D eigenvalue weighted by atomic mass is 10.4. The number of alkyl halides is 1. The number of nitrogens with zero attached hydrogens (tertiary/aromatic N) is 2. The van der Waals surface area contributed by atoms with Crippen molar-refractivity contribution in [3.05, 3.63) is 22.3 Å². The number of pyridine rings is 1. The van der Waals surface area contributed by atoms with Crippen molar-refractivity contribution in [1.82, 2.24) is 4.98 Å². The van der Waals surface area contributed by atoms with Crippen molar-refractivity contribution < 1.29 is 0 Å². The van der Waals surface area contributed by atoms with Gasteiger partial charge in [-0.1, -0.05) is 23.2 Å². The first-order valence-electron chi connectivity index (χ1n) is 4.17. The fraction of sp³-hybridized carbons (Fsp3) is 0.444. The highest BCUT2D eigenvalue weighted by Crippen LogP contribution is 2.25. The van der Waals surface area contributed by atoms with Gasteiger partial charge in [0.2, 0.25) is 0 Å². The molecule has 1 rings (SSSR count). The highest BCUT2D eigenvalue weighted by Gasteiger charge is 2.10. The van der Waals surface area contributed by atoms with Gasteiger partial charge in [0.1, 0.15) is 5.82 Å².